The van der Waals surface area contributed by atoms with Crippen LogP contribution in [0.4, 0.5) is 5.69 Å². The Morgan fingerprint density at radius 3 is 2.43 bits per heavy atom. The zero-order valence-corrected chi connectivity index (χ0v) is 12.6. The molecule has 0 aromatic heterocycles. The highest BCUT2D eigenvalue weighted by Gasteiger charge is 2.21. The van der Waals surface area contributed by atoms with Gasteiger partial charge in [-0.25, -0.2) is 0 Å². The monoisotopic (exact) mass is 296 g/mol. The van der Waals surface area contributed by atoms with Crippen molar-refractivity contribution < 1.29 is 29.1 Å². The smallest absolute Gasteiger partial charge is 0.230 e. The lowest BCUT2D eigenvalue weighted by atomic mass is 10.1. The highest BCUT2D eigenvalue weighted by atomic mass is 16.5. The first kappa shape index (κ1) is 16.8. The number of carboxylic acid groups (broad SMARTS) is 1. The van der Waals surface area contributed by atoms with Crippen LogP contribution >= 0.6 is 0 Å². The molecule has 116 valence electrons. The molecule has 1 rings (SSSR count). The molecule has 0 fully saturated rings. The van der Waals surface area contributed by atoms with Gasteiger partial charge in [0.2, 0.25) is 5.91 Å². The largest absolute Gasteiger partial charge is 0.544 e. The Bertz CT molecular complexity index is 516. The molecule has 0 saturated heterocycles. The van der Waals surface area contributed by atoms with Gasteiger partial charge in [0, 0.05) is 6.07 Å². The van der Waals surface area contributed by atoms with Crippen molar-refractivity contribution in [3.05, 3.63) is 18.2 Å². The van der Waals surface area contributed by atoms with Gasteiger partial charge >= 0.3 is 0 Å². The number of rotatable bonds is 7. The number of methoxy groups -OCH3 is 2. The number of carboxylic acids is 1. The molecule has 0 heterocycles. The average molecular weight is 296 g/mol. The number of quaternary nitrogens is 1. The van der Waals surface area contributed by atoms with Crippen molar-refractivity contribution in [1.82, 2.24) is 0 Å². The number of carbonyl (C=O) groups is 2. The Kier molecular flexibility index (Phi) is 5.98. The van der Waals surface area contributed by atoms with E-state index in [0.717, 1.165) is 0 Å². The van der Waals surface area contributed by atoms with E-state index in [1.807, 2.05) is 0 Å². The van der Waals surface area contributed by atoms with Crippen molar-refractivity contribution in [1.29, 1.82) is 0 Å². The lowest BCUT2D eigenvalue weighted by Crippen LogP contribution is -3.12. The van der Waals surface area contributed by atoms with Crippen molar-refractivity contribution >= 4 is 17.6 Å². The third kappa shape index (κ3) is 4.64. The zero-order chi connectivity index (χ0) is 16.0. The van der Waals surface area contributed by atoms with Crippen molar-refractivity contribution in [2.45, 2.75) is 12.5 Å². The quantitative estimate of drug-likeness (QED) is 0.625. The summed E-state index contributed by atoms with van der Waals surface area (Å²) in [5, 5.41) is 13.6. The Labute approximate surface area is 123 Å². The van der Waals surface area contributed by atoms with Crippen LogP contribution in [-0.2, 0) is 9.59 Å². The number of nitrogens with one attached hydrogen (secondary N) is 2. The van der Waals surface area contributed by atoms with E-state index >= 15 is 0 Å². The molecule has 0 aliphatic carbocycles. The first-order valence-corrected chi connectivity index (χ1v) is 6.41. The summed E-state index contributed by atoms with van der Waals surface area (Å²) in [7, 11) is 6.29. The van der Waals surface area contributed by atoms with Crippen molar-refractivity contribution in [3.63, 3.8) is 0 Å². The van der Waals surface area contributed by atoms with Gasteiger partial charge < -0.3 is 29.6 Å². The van der Waals surface area contributed by atoms with Gasteiger partial charge in [0.05, 0.1) is 46.4 Å². The fourth-order valence-electron chi connectivity index (χ4n) is 1.82. The molecule has 0 aliphatic heterocycles. The van der Waals surface area contributed by atoms with Gasteiger partial charge in [-0.1, -0.05) is 0 Å². The summed E-state index contributed by atoms with van der Waals surface area (Å²) in [6, 6.07) is 4.04. The number of hydrogen-bond acceptors (Lipinski definition) is 5. The SMILES string of the molecule is COc1ccc(OC)c(NC(=O)C[C@@H](C(=O)[O-])[NH+](C)C)c1. The first-order chi connectivity index (χ1) is 9.88. The van der Waals surface area contributed by atoms with Gasteiger partial charge in [0.1, 0.15) is 17.5 Å². The molecule has 1 aromatic rings. The fraction of sp³-hybridized carbons (Fsp3) is 0.429. The van der Waals surface area contributed by atoms with E-state index in [9.17, 15) is 14.7 Å². The van der Waals surface area contributed by atoms with Gasteiger partial charge in [0.15, 0.2) is 0 Å². The number of anilines is 1. The van der Waals surface area contributed by atoms with Crippen molar-refractivity contribution in [2.75, 3.05) is 33.6 Å². The molecular formula is C14H20N2O5. The van der Waals surface area contributed by atoms with Gasteiger partial charge in [-0.3, -0.25) is 4.79 Å². The Hall–Kier alpha value is -2.28. The van der Waals surface area contributed by atoms with E-state index in [1.165, 1.54) is 14.2 Å². The van der Waals surface area contributed by atoms with E-state index in [0.29, 0.717) is 22.1 Å². The summed E-state index contributed by atoms with van der Waals surface area (Å²) in [6.07, 6.45) is -0.189. The molecule has 1 amide bonds. The predicted octanol–water partition coefficient (Wildman–Crippen LogP) is -1.70. The Morgan fingerprint density at radius 2 is 1.95 bits per heavy atom. The molecule has 2 N–H and O–H groups in total. The molecule has 21 heavy (non-hydrogen) atoms. The Morgan fingerprint density at radius 1 is 1.29 bits per heavy atom. The van der Waals surface area contributed by atoms with Gasteiger partial charge in [-0.2, -0.15) is 0 Å². The minimum absolute atomic E-state index is 0.189. The summed E-state index contributed by atoms with van der Waals surface area (Å²) in [6.45, 7) is 0. The van der Waals surface area contributed by atoms with Crippen molar-refractivity contribution in [3.8, 4) is 11.5 Å². The molecule has 0 aliphatic rings. The van der Waals surface area contributed by atoms with E-state index in [2.05, 4.69) is 5.32 Å². The predicted molar refractivity (Wildman–Crippen MR) is 74.4 cm³/mol. The summed E-state index contributed by atoms with van der Waals surface area (Å²) in [5.74, 6) is -0.674. The minimum atomic E-state index is -1.26. The molecule has 0 spiro atoms. The molecule has 0 bridgehead atoms. The standard InChI is InChI=1S/C14H20N2O5/c1-16(2)11(14(18)19)8-13(17)15-10-7-9(20-3)5-6-12(10)21-4/h5-7,11H,8H2,1-4H3,(H,15,17)(H,18,19)/t11-/m0/s1. The number of aliphatic carboxylic acids is 1. The highest BCUT2D eigenvalue weighted by molar-refractivity contribution is 5.94. The second-order valence-corrected chi connectivity index (χ2v) is 4.77. The lowest BCUT2D eigenvalue weighted by Gasteiger charge is -2.21. The maximum absolute atomic E-state index is 12.0. The van der Waals surface area contributed by atoms with E-state index in [4.69, 9.17) is 9.47 Å². The molecule has 7 nitrogen and oxygen atoms in total. The van der Waals surface area contributed by atoms with Crippen LogP contribution in [0.3, 0.4) is 0 Å². The summed E-state index contributed by atoms with van der Waals surface area (Å²) >= 11 is 0. The Balaban J connectivity index is 2.85. The highest BCUT2D eigenvalue weighted by Crippen LogP contribution is 2.28. The van der Waals surface area contributed by atoms with Gasteiger partial charge in [0.25, 0.3) is 0 Å². The summed E-state index contributed by atoms with van der Waals surface area (Å²) in [5.41, 5.74) is 0.424. The summed E-state index contributed by atoms with van der Waals surface area (Å²) < 4.78 is 10.2. The fourth-order valence-corrected chi connectivity index (χ4v) is 1.82. The molecule has 0 radical (unpaired) electrons. The molecule has 1 atom stereocenters. The number of ether oxygens (including phenoxy) is 2. The second-order valence-electron chi connectivity index (χ2n) is 4.77. The second kappa shape index (κ2) is 7.49. The number of carbonyl (C=O) groups excluding carboxylic acids is 2. The van der Waals surface area contributed by atoms with Gasteiger partial charge in [-0.15, -0.1) is 0 Å². The lowest BCUT2D eigenvalue weighted by molar-refractivity contribution is -0.878. The maximum Gasteiger partial charge on any atom is 0.230 e. The van der Waals surface area contributed by atoms with Gasteiger partial charge in [-0.05, 0) is 12.1 Å². The number of benzene rings is 1. The van der Waals surface area contributed by atoms with Crippen LogP contribution in [-0.4, -0.2) is 46.2 Å². The van der Waals surface area contributed by atoms with Crippen LogP contribution in [0.25, 0.3) is 0 Å². The van der Waals surface area contributed by atoms with Crippen LogP contribution in [0.2, 0.25) is 0 Å². The summed E-state index contributed by atoms with van der Waals surface area (Å²) in [4.78, 5) is 23.6. The third-order valence-corrected chi connectivity index (χ3v) is 3.05. The van der Waals surface area contributed by atoms with E-state index < -0.39 is 17.9 Å². The number of amides is 1. The van der Waals surface area contributed by atoms with E-state index in [-0.39, 0.29) is 6.42 Å². The molecule has 1 aromatic carbocycles. The third-order valence-electron chi connectivity index (χ3n) is 3.05. The van der Waals surface area contributed by atoms with Crippen LogP contribution in [0, 0.1) is 0 Å². The van der Waals surface area contributed by atoms with E-state index in [1.54, 1.807) is 32.3 Å². The minimum Gasteiger partial charge on any atom is -0.544 e. The molecule has 7 heteroatoms. The number of likely N-dealkylation sites (N-methyl/N-ethyl adjacent to an activating group) is 1. The zero-order valence-electron chi connectivity index (χ0n) is 12.6. The van der Waals surface area contributed by atoms with Crippen LogP contribution in [0.1, 0.15) is 6.42 Å². The molecule has 0 unspecified atom stereocenters. The topological polar surface area (TPSA) is 92.1 Å². The van der Waals surface area contributed by atoms with Crippen LogP contribution in [0.15, 0.2) is 18.2 Å². The van der Waals surface area contributed by atoms with Crippen LogP contribution < -0.4 is 24.8 Å². The first-order valence-electron chi connectivity index (χ1n) is 6.41. The molecule has 0 saturated carbocycles. The molecular weight excluding hydrogens is 276 g/mol. The normalized spacial score (nSPS) is 11.9. The van der Waals surface area contributed by atoms with Crippen molar-refractivity contribution in [2.24, 2.45) is 0 Å². The van der Waals surface area contributed by atoms with Crippen LogP contribution in [0.5, 0.6) is 11.5 Å². The maximum atomic E-state index is 12.0. The number of hydrogen-bond donors (Lipinski definition) is 2. The average Bonchev–Trinajstić information content (AvgIpc) is 2.43.